The summed E-state index contributed by atoms with van der Waals surface area (Å²) >= 11 is 0. The smallest absolute Gasteiger partial charge is 0.462 e. The number of hydrogen-bond donors (Lipinski definition) is 3. The van der Waals surface area contributed by atoms with Crippen molar-refractivity contribution in [2.75, 3.05) is 39.6 Å². The number of ether oxygens (including phenoxy) is 4. The molecule has 0 amide bonds. The van der Waals surface area contributed by atoms with Gasteiger partial charge in [-0.1, -0.05) is 324 Å². The molecule has 0 aromatic rings. The molecule has 2 unspecified atom stereocenters. The van der Waals surface area contributed by atoms with Crippen LogP contribution in [0, 0.1) is 11.8 Å². The highest BCUT2D eigenvalue weighted by atomic mass is 31.2. The number of carbonyl (C=O) groups is 4. The second kappa shape index (κ2) is 65.0. The van der Waals surface area contributed by atoms with E-state index in [2.05, 4.69) is 41.5 Å². The van der Waals surface area contributed by atoms with Crippen LogP contribution in [0.4, 0.5) is 0 Å². The van der Waals surface area contributed by atoms with Crippen LogP contribution in [0.2, 0.25) is 0 Å². The molecule has 0 saturated heterocycles. The summed E-state index contributed by atoms with van der Waals surface area (Å²) in [5, 5.41) is 10.6. The lowest BCUT2D eigenvalue weighted by Gasteiger charge is -2.21. The maximum atomic E-state index is 13.1. The van der Waals surface area contributed by atoms with Crippen LogP contribution in [-0.2, 0) is 65.4 Å². The Morgan fingerprint density at radius 3 is 0.739 bits per heavy atom. The minimum atomic E-state index is -4.95. The number of unbranched alkanes of at least 4 members (excludes halogenated alkanes) is 42. The number of aliphatic hydroxyl groups excluding tert-OH is 1. The minimum Gasteiger partial charge on any atom is -0.462 e. The highest BCUT2D eigenvalue weighted by Crippen LogP contribution is 2.45. The Balaban J connectivity index is 5.21. The first-order chi connectivity index (χ1) is 44.4. The molecule has 0 aliphatic heterocycles. The zero-order valence-corrected chi connectivity index (χ0v) is 61.6. The van der Waals surface area contributed by atoms with Crippen molar-refractivity contribution in [2.24, 2.45) is 11.8 Å². The van der Waals surface area contributed by atoms with E-state index in [0.29, 0.717) is 37.5 Å². The average molecular weight is 1350 g/mol. The van der Waals surface area contributed by atoms with E-state index in [0.717, 1.165) is 96.3 Å². The lowest BCUT2D eigenvalue weighted by atomic mass is 10.0. The zero-order chi connectivity index (χ0) is 67.9. The van der Waals surface area contributed by atoms with Crippen LogP contribution in [0.3, 0.4) is 0 Å². The number of phosphoric ester groups is 2. The fourth-order valence-corrected chi connectivity index (χ4v) is 12.7. The van der Waals surface area contributed by atoms with Gasteiger partial charge in [-0.05, 0) is 37.5 Å². The standard InChI is InChI=1S/C73H142O17P2/c1-7-9-11-13-15-17-19-21-22-23-24-25-26-28-30-32-38-45-51-57-72(77)89-68(61-83-70(75)55-49-43-37-31-29-27-20-18-16-14-12-10-8-2)63-87-91(79,80)85-59-67(74)60-86-92(81,82)88-64-69(90-73(78)58-52-46-40-34-36-42-48-54-66(5)6)62-84-71(76)56-50-44-39-33-35-41-47-53-65(3)4/h65-69,74H,7-64H2,1-6H3,(H,79,80)(H,81,82)/t67-,68-,69-/m1/s1. The molecule has 0 radical (unpaired) electrons. The normalized spacial score (nSPS) is 14.1. The fraction of sp³-hybridized carbons (Fsp3) is 0.945. The predicted molar refractivity (Wildman–Crippen MR) is 372 cm³/mol. The molecule has 0 bridgehead atoms. The summed E-state index contributed by atoms with van der Waals surface area (Å²) in [6.45, 7) is 9.45. The van der Waals surface area contributed by atoms with E-state index >= 15 is 0 Å². The summed E-state index contributed by atoms with van der Waals surface area (Å²) < 4.78 is 68.3. The summed E-state index contributed by atoms with van der Waals surface area (Å²) in [6, 6.07) is 0. The van der Waals surface area contributed by atoms with Gasteiger partial charge in [0.25, 0.3) is 0 Å². The Labute approximate surface area is 562 Å². The van der Waals surface area contributed by atoms with Crippen LogP contribution < -0.4 is 0 Å². The van der Waals surface area contributed by atoms with Crippen molar-refractivity contribution >= 4 is 39.5 Å². The average Bonchev–Trinajstić information content (AvgIpc) is 2.59. The van der Waals surface area contributed by atoms with E-state index in [-0.39, 0.29) is 25.7 Å². The predicted octanol–water partition coefficient (Wildman–Crippen LogP) is 21.2. The maximum Gasteiger partial charge on any atom is 0.472 e. The molecule has 0 spiro atoms. The van der Waals surface area contributed by atoms with E-state index in [1.807, 2.05) is 0 Å². The molecule has 19 heteroatoms. The van der Waals surface area contributed by atoms with Crippen molar-refractivity contribution in [1.82, 2.24) is 0 Å². The monoisotopic (exact) mass is 1350 g/mol. The Morgan fingerprint density at radius 2 is 0.500 bits per heavy atom. The van der Waals surface area contributed by atoms with Crippen LogP contribution in [-0.4, -0.2) is 96.7 Å². The number of rotatable bonds is 72. The lowest BCUT2D eigenvalue weighted by Crippen LogP contribution is -2.30. The molecule has 5 atom stereocenters. The van der Waals surface area contributed by atoms with Gasteiger partial charge in [0.05, 0.1) is 26.4 Å². The number of hydrogen-bond acceptors (Lipinski definition) is 15. The minimum absolute atomic E-state index is 0.103. The Morgan fingerprint density at radius 1 is 0.293 bits per heavy atom. The van der Waals surface area contributed by atoms with E-state index in [9.17, 15) is 43.2 Å². The summed E-state index contributed by atoms with van der Waals surface area (Å²) in [7, 11) is -9.90. The molecule has 92 heavy (non-hydrogen) atoms. The molecule has 0 rings (SSSR count). The molecular formula is C73H142O17P2. The fourth-order valence-electron chi connectivity index (χ4n) is 11.1. The summed E-state index contributed by atoms with van der Waals surface area (Å²) in [5.74, 6) is -0.722. The quantitative estimate of drug-likeness (QED) is 0.0222. The van der Waals surface area contributed by atoms with E-state index < -0.39 is 97.5 Å². The van der Waals surface area contributed by atoms with Gasteiger partial charge in [0, 0.05) is 25.7 Å². The Hall–Kier alpha value is -1.94. The van der Waals surface area contributed by atoms with Crippen LogP contribution in [0.1, 0.15) is 375 Å². The van der Waals surface area contributed by atoms with Gasteiger partial charge in [-0.25, -0.2) is 9.13 Å². The Kier molecular flexibility index (Phi) is 63.7. The third-order valence-corrected chi connectivity index (χ3v) is 18.9. The van der Waals surface area contributed by atoms with Gasteiger partial charge in [0.1, 0.15) is 19.3 Å². The van der Waals surface area contributed by atoms with Gasteiger partial charge < -0.3 is 33.8 Å². The first-order valence-corrected chi connectivity index (χ1v) is 41.0. The zero-order valence-electron chi connectivity index (χ0n) is 59.9. The van der Waals surface area contributed by atoms with Crippen molar-refractivity contribution in [2.45, 2.75) is 394 Å². The molecule has 3 N–H and O–H groups in total. The van der Waals surface area contributed by atoms with Gasteiger partial charge in [0.2, 0.25) is 0 Å². The third-order valence-electron chi connectivity index (χ3n) is 17.0. The highest BCUT2D eigenvalue weighted by Gasteiger charge is 2.30. The first kappa shape index (κ1) is 90.1. The summed E-state index contributed by atoms with van der Waals surface area (Å²) in [6.07, 6.45) is 51.6. The van der Waals surface area contributed by atoms with Gasteiger partial charge >= 0.3 is 39.5 Å². The molecule has 0 aliphatic rings. The lowest BCUT2D eigenvalue weighted by molar-refractivity contribution is -0.161. The van der Waals surface area contributed by atoms with E-state index in [4.69, 9.17) is 37.0 Å². The molecule has 0 aromatic carbocycles. The number of aliphatic hydroxyl groups is 1. The van der Waals surface area contributed by atoms with Gasteiger partial charge in [-0.3, -0.25) is 37.3 Å². The largest absolute Gasteiger partial charge is 0.472 e. The van der Waals surface area contributed by atoms with Crippen LogP contribution in [0.25, 0.3) is 0 Å². The SMILES string of the molecule is CCCCCCCCCCCCCCCCCCCCCC(=O)O[C@H](COC(=O)CCCCCCCCCCCCCCC)COP(=O)(O)OC[C@@H](O)COP(=O)(O)OC[C@@H](COC(=O)CCCCCCCCCC(C)C)OC(=O)CCCCCCCCCC(C)C. The first-order valence-electron chi connectivity index (χ1n) is 38.0. The second-order valence-electron chi connectivity index (χ2n) is 27.3. The van der Waals surface area contributed by atoms with Crippen molar-refractivity contribution in [3.63, 3.8) is 0 Å². The highest BCUT2D eigenvalue weighted by molar-refractivity contribution is 7.47. The molecule has 0 saturated carbocycles. The number of phosphoric acid groups is 2. The maximum absolute atomic E-state index is 13.1. The summed E-state index contributed by atoms with van der Waals surface area (Å²) in [5.41, 5.74) is 0. The van der Waals surface area contributed by atoms with Crippen LogP contribution >= 0.6 is 15.6 Å². The second-order valence-corrected chi connectivity index (χ2v) is 30.2. The number of carbonyl (C=O) groups excluding carboxylic acids is 4. The van der Waals surface area contributed by atoms with Crippen LogP contribution in [0.15, 0.2) is 0 Å². The van der Waals surface area contributed by atoms with Gasteiger partial charge in [-0.2, -0.15) is 0 Å². The molecular weight excluding hydrogens is 1210 g/mol. The molecule has 0 heterocycles. The van der Waals surface area contributed by atoms with Gasteiger partial charge in [-0.15, -0.1) is 0 Å². The van der Waals surface area contributed by atoms with E-state index in [1.165, 1.54) is 186 Å². The molecule has 546 valence electrons. The van der Waals surface area contributed by atoms with Gasteiger partial charge in [0.15, 0.2) is 12.2 Å². The summed E-state index contributed by atoms with van der Waals surface area (Å²) in [4.78, 5) is 72.6. The molecule has 0 aliphatic carbocycles. The third kappa shape index (κ3) is 66.7. The molecule has 0 fully saturated rings. The molecule has 0 aromatic heterocycles. The Bertz CT molecular complexity index is 1790. The molecule has 17 nitrogen and oxygen atoms in total. The van der Waals surface area contributed by atoms with Crippen LogP contribution in [0.5, 0.6) is 0 Å². The van der Waals surface area contributed by atoms with Crippen molar-refractivity contribution in [1.29, 1.82) is 0 Å². The topological polar surface area (TPSA) is 237 Å². The van der Waals surface area contributed by atoms with Crippen molar-refractivity contribution in [3.8, 4) is 0 Å². The van der Waals surface area contributed by atoms with Crippen molar-refractivity contribution in [3.05, 3.63) is 0 Å². The number of esters is 4. The van der Waals surface area contributed by atoms with Crippen molar-refractivity contribution < 1.29 is 80.2 Å². The van der Waals surface area contributed by atoms with E-state index in [1.54, 1.807) is 0 Å².